The molecule has 1 fully saturated rings. The second kappa shape index (κ2) is 5.54. The second-order valence-corrected chi connectivity index (χ2v) is 4.96. The van der Waals surface area contributed by atoms with Crippen molar-refractivity contribution in [1.29, 1.82) is 0 Å². The van der Waals surface area contributed by atoms with Gasteiger partial charge in [-0.05, 0) is 17.7 Å². The van der Waals surface area contributed by atoms with Crippen molar-refractivity contribution < 1.29 is 36.6 Å². The number of carbonyl (C=O) groups is 2. The van der Waals surface area contributed by atoms with Crippen molar-refractivity contribution in [3.63, 3.8) is 0 Å². The van der Waals surface area contributed by atoms with Gasteiger partial charge in [-0.2, -0.15) is 13.2 Å². The Morgan fingerprint density at radius 1 is 1.09 bits per heavy atom. The van der Waals surface area contributed by atoms with Crippen LogP contribution in [0.2, 0.25) is 0 Å². The number of rotatable bonds is 2. The van der Waals surface area contributed by atoms with Crippen LogP contribution >= 0.6 is 0 Å². The van der Waals surface area contributed by atoms with Crippen molar-refractivity contribution in [2.24, 2.45) is 5.92 Å². The molecule has 2 rings (SSSR count). The van der Waals surface area contributed by atoms with Crippen LogP contribution in [0.25, 0.3) is 0 Å². The molecule has 0 aromatic heterocycles. The second-order valence-electron chi connectivity index (χ2n) is 4.96. The number of halogens is 5. The largest absolute Gasteiger partial charge is 0.481 e. The van der Waals surface area contributed by atoms with Crippen molar-refractivity contribution >= 4 is 11.9 Å². The number of likely N-dealkylation sites (tertiary alicyclic amines) is 1. The Balaban J connectivity index is 2.33. The predicted molar refractivity (Wildman–Crippen MR) is 62.9 cm³/mol. The highest BCUT2D eigenvalue weighted by Crippen LogP contribution is 2.35. The Hall–Kier alpha value is -2.19. The molecule has 22 heavy (non-hydrogen) atoms. The summed E-state index contributed by atoms with van der Waals surface area (Å²) in [7, 11) is 0. The Morgan fingerprint density at radius 3 is 2.09 bits per heavy atom. The molecule has 2 atom stereocenters. The summed E-state index contributed by atoms with van der Waals surface area (Å²) in [5.74, 6) is -8.04. The summed E-state index contributed by atoms with van der Waals surface area (Å²) in [5, 5.41) is 9.08. The summed E-state index contributed by atoms with van der Waals surface area (Å²) in [4.78, 5) is 22.7. The van der Waals surface area contributed by atoms with E-state index in [0.717, 1.165) is 12.1 Å². The third-order valence-corrected chi connectivity index (χ3v) is 3.48. The number of carboxylic acid groups (broad SMARTS) is 1. The first kappa shape index (κ1) is 16.2. The smallest absolute Gasteiger partial charge is 0.471 e. The van der Waals surface area contributed by atoms with Gasteiger partial charge in [0.15, 0.2) is 0 Å². The molecule has 0 unspecified atom stereocenters. The molecule has 0 radical (unpaired) electrons. The molecule has 9 heteroatoms. The van der Waals surface area contributed by atoms with Crippen molar-refractivity contribution in [1.82, 2.24) is 4.90 Å². The lowest BCUT2D eigenvalue weighted by Gasteiger charge is -2.18. The van der Waals surface area contributed by atoms with Gasteiger partial charge < -0.3 is 10.0 Å². The van der Waals surface area contributed by atoms with Gasteiger partial charge in [-0.15, -0.1) is 0 Å². The molecule has 1 aromatic carbocycles. The SMILES string of the molecule is O=C(O)[C@@H]1CN(C(=O)C(F)(F)F)C[C@H]1c1cc(F)cc(F)c1. The average Bonchev–Trinajstić information content (AvgIpc) is 2.80. The third-order valence-electron chi connectivity index (χ3n) is 3.48. The van der Waals surface area contributed by atoms with Crippen molar-refractivity contribution in [3.05, 3.63) is 35.4 Å². The fraction of sp³-hybridized carbons (Fsp3) is 0.385. The van der Waals surface area contributed by atoms with Crippen molar-refractivity contribution in [3.8, 4) is 0 Å². The number of alkyl halides is 3. The van der Waals surface area contributed by atoms with Crippen LogP contribution < -0.4 is 0 Å². The molecule has 0 bridgehead atoms. The monoisotopic (exact) mass is 323 g/mol. The summed E-state index contributed by atoms with van der Waals surface area (Å²) in [6.07, 6.45) is -5.13. The van der Waals surface area contributed by atoms with Crippen LogP contribution in [0.4, 0.5) is 22.0 Å². The minimum absolute atomic E-state index is 0.0950. The lowest BCUT2D eigenvalue weighted by molar-refractivity contribution is -0.184. The van der Waals surface area contributed by atoms with E-state index >= 15 is 0 Å². The Kier molecular flexibility index (Phi) is 4.08. The van der Waals surface area contributed by atoms with Crippen molar-refractivity contribution in [2.45, 2.75) is 12.1 Å². The van der Waals surface area contributed by atoms with Crippen LogP contribution in [0.1, 0.15) is 11.5 Å². The zero-order valence-electron chi connectivity index (χ0n) is 10.9. The molecule has 1 aliphatic rings. The molecule has 1 N–H and O–H groups in total. The zero-order chi connectivity index (χ0) is 16.7. The molecular weight excluding hydrogens is 313 g/mol. The number of aliphatic carboxylic acids is 1. The van der Waals surface area contributed by atoms with E-state index in [-0.39, 0.29) is 5.56 Å². The molecular formula is C13H10F5NO3. The van der Waals surface area contributed by atoms with Gasteiger partial charge in [-0.25, -0.2) is 8.78 Å². The van der Waals surface area contributed by atoms with E-state index in [4.69, 9.17) is 5.11 Å². The molecule has 0 saturated carbocycles. The van der Waals surface area contributed by atoms with Gasteiger partial charge in [0, 0.05) is 25.1 Å². The molecule has 1 amide bonds. The first-order valence-corrected chi connectivity index (χ1v) is 6.14. The first-order chi connectivity index (χ1) is 10.1. The average molecular weight is 323 g/mol. The standard InChI is InChI=1S/C13H10F5NO3/c14-7-1-6(2-8(15)3-7)9-4-19(5-10(9)11(20)21)12(22)13(16,17)18/h1-3,9-10H,4-5H2,(H,20,21)/t9-,10+/m0/s1. The van der Waals surface area contributed by atoms with Crippen LogP contribution in [-0.2, 0) is 9.59 Å². The summed E-state index contributed by atoms with van der Waals surface area (Å²) >= 11 is 0. The maximum Gasteiger partial charge on any atom is 0.471 e. The van der Waals surface area contributed by atoms with Crippen LogP contribution in [0.5, 0.6) is 0 Å². The van der Waals surface area contributed by atoms with E-state index in [1.807, 2.05) is 0 Å². The van der Waals surface area contributed by atoms with E-state index in [1.165, 1.54) is 0 Å². The van der Waals surface area contributed by atoms with E-state index in [9.17, 15) is 31.5 Å². The van der Waals surface area contributed by atoms with Crippen LogP contribution in [-0.4, -0.2) is 41.1 Å². The topological polar surface area (TPSA) is 57.6 Å². The number of amides is 1. The summed E-state index contributed by atoms with van der Waals surface area (Å²) in [6.45, 7) is -1.24. The van der Waals surface area contributed by atoms with Gasteiger partial charge in [0.05, 0.1) is 5.92 Å². The molecule has 0 spiro atoms. The Labute approximate surface area is 121 Å². The number of nitrogens with zero attached hydrogens (tertiary/aromatic N) is 1. The van der Waals surface area contributed by atoms with Gasteiger partial charge in [-0.3, -0.25) is 9.59 Å². The summed E-state index contributed by atoms with van der Waals surface area (Å²) in [6, 6.07) is 2.27. The normalized spacial score (nSPS) is 22.0. The third kappa shape index (κ3) is 3.18. The van der Waals surface area contributed by atoms with Gasteiger partial charge in [0.25, 0.3) is 0 Å². The zero-order valence-corrected chi connectivity index (χ0v) is 10.9. The van der Waals surface area contributed by atoms with E-state index in [0.29, 0.717) is 11.0 Å². The fourth-order valence-electron chi connectivity index (χ4n) is 2.53. The quantitative estimate of drug-likeness (QED) is 0.849. The maximum atomic E-state index is 13.2. The maximum absolute atomic E-state index is 13.2. The van der Waals surface area contributed by atoms with Crippen LogP contribution in [0, 0.1) is 17.6 Å². The van der Waals surface area contributed by atoms with E-state index < -0.39 is 54.6 Å². The van der Waals surface area contributed by atoms with Crippen LogP contribution in [0.15, 0.2) is 18.2 Å². The number of carboxylic acids is 1. The minimum atomic E-state index is -5.13. The van der Waals surface area contributed by atoms with Crippen molar-refractivity contribution in [2.75, 3.05) is 13.1 Å². The predicted octanol–water partition coefficient (Wildman–Crippen LogP) is 2.15. The van der Waals surface area contributed by atoms with Gasteiger partial charge >= 0.3 is 18.1 Å². The van der Waals surface area contributed by atoms with E-state index in [2.05, 4.69) is 0 Å². The lowest BCUT2D eigenvalue weighted by atomic mass is 9.89. The molecule has 1 saturated heterocycles. The summed E-state index contributed by atoms with van der Waals surface area (Å²) < 4.78 is 63.7. The van der Waals surface area contributed by atoms with Crippen LogP contribution in [0.3, 0.4) is 0 Å². The highest BCUT2D eigenvalue weighted by atomic mass is 19.4. The van der Waals surface area contributed by atoms with Gasteiger partial charge in [0.2, 0.25) is 0 Å². The molecule has 120 valence electrons. The highest BCUT2D eigenvalue weighted by Gasteiger charge is 2.49. The fourth-order valence-corrected chi connectivity index (χ4v) is 2.53. The van der Waals surface area contributed by atoms with Gasteiger partial charge in [0.1, 0.15) is 11.6 Å². The highest BCUT2D eigenvalue weighted by molar-refractivity contribution is 5.83. The Morgan fingerprint density at radius 2 is 1.64 bits per heavy atom. The molecule has 1 aliphatic heterocycles. The number of hydrogen-bond acceptors (Lipinski definition) is 2. The van der Waals surface area contributed by atoms with Gasteiger partial charge in [-0.1, -0.05) is 0 Å². The molecule has 0 aliphatic carbocycles. The summed E-state index contributed by atoms with van der Waals surface area (Å²) in [5.41, 5.74) is -0.0950. The number of hydrogen-bond donors (Lipinski definition) is 1. The van der Waals surface area contributed by atoms with E-state index in [1.54, 1.807) is 0 Å². The minimum Gasteiger partial charge on any atom is -0.481 e. The lowest BCUT2D eigenvalue weighted by Crippen LogP contribution is -2.40. The molecule has 1 aromatic rings. The Bertz CT molecular complexity index is 596. The molecule has 1 heterocycles. The first-order valence-electron chi connectivity index (χ1n) is 6.14. The number of benzene rings is 1. The molecule has 4 nitrogen and oxygen atoms in total. The number of carbonyl (C=O) groups excluding carboxylic acids is 1.